The minimum Gasteiger partial charge on any atom is -0.496 e. The molecule has 4 heteroatoms. The lowest BCUT2D eigenvalue weighted by molar-refractivity contribution is -0.131. The van der Waals surface area contributed by atoms with E-state index >= 15 is 0 Å². The molecule has 0 radical (unpaired) electrons. The van der Waals surface area contributed by atoms with Gasteiger partial charge in [0.25, 0.3) is 0 Å². The van der Waals surface area contributed by atoms with Crippen LogP contribution in [-0.4, -0.2) is 35.8 Å². The molecule has 104 valence electrons. The van der Waals surface area contributed by atoms with Gasteiger partial charge in [-0.1, -0.05) is 34.1 Å². The normalized spacial score (nSPS) is 18.6. The van der Waals surface area contributed by atoms with E-state index in [4.69, 9.17) is 4.74 Å². The summed E-state index contributed by atoms with van der Waals surface area (Å²) in [6, 6.07) is 8.15. The molecule has 0 N–H and O–H groups in total. The van der Waals surface area contributed by atoms with E-state index in [-0.39, 0.29) is 5.91 Å². The molecular formula is C15H20BrNO2. The van der Waals surface area contributed by atoms with Crippen LogP contribution in [0.3, 0.4) is 0 Å². The Morgan fingerprint density at radius 2 is 2.26 bits per heavy atom. The Morgan fingerprint density at radius 3 is 3.00 bits per heavy atom. The topological polar surface area (TPSA) is 29.5 Å². The Balaban J connectivity index is 2.04. The molecular weight excluding hydrogens is 306 g/mol. The maximum Gasteiger partial charge on any atom is 0.227 e. The summed E-state index contributed by atoms with van der Waals surface area (Å²) in [5.41, 5.74) is 0.972. The molecule has 1 atom stereocenters. The summed E-state index contributed by atoms with van der Waals surface area (Å²) in [7, 11) is 1.65. The van der Waals surface area contributed by atoms with Gasteiger partial charge in [0.15, 0.2) is 0 Å². The Hall–Kier alpha value is -1.03. The molecule has 3 nitrogen and oxygen atoms in total. The maximum atomic E-state index is 12.4. The SMILES string of the molecule is COc1ccccc1CC(=O)N1CCCC1CCBr. The third-order valence-corrected chi connectivity index (χ3v) is 4.13. The number of hydrogen-bond donors (Lipinski definition) is 0. The van der Waals surface area contributed by atoms with Crippen molar-refractivity contribution in [3.63, 3.8) is 0 Å². The second kappa shape index (κ2) is 6.94. The van der Waals surface area contributed by atoms with Crippen LogP contribution >= 0.6 is 15.9 Å². The van der Waals surface area contributed by atoms with Crippen LogP contribution in [-0.2, 0) is 11.2 Å². The number of alkyl halides is 1. The number of halogens is 1. The monoisotopic (exact) mass is 325 g/mol. The van der Waals surface area contributed by atoms with Crippen LogP contribution in [0.5, 0.6) is 5.75 Å². The summed E-state index contributed by atoms with van der Waals surface area (Å²) < 4.78 is 5.30. The minimum atomic E-state index is 0.216. The fourth-order valence-corrected chi connectivity index (χ4v) is 3.23. The first-order valence-corrected chi connectivity index (χ1v) is 7.85. The zero-order valence-corrected chi connectivity index (χ0v) is 12.9. The summed E-state index contributed by atoms with van der Waals surface area (Å²) in [4.78, 5) is 14.5. The zero-order chi connectivity index (χ0) is 13.7. The molecule has 1 aliphatic heterocycles. The van der Waals surface area contributed by atoms with Crippen LogP contribution in [0.15, 0.2) is 24.3 Å². The van der Waals surface area contributed by atoms with Gasteiger partial charge in [-0.25, -0.2) is 0 Å². The van der Waals surface area contributed by atoms with Gasteiger partial charge in [0.1, 0.15) is 5.75 Å². The largest absolute Gasteiger partial charge is 0.496 e. The molecule has 1 heterocycles. The van der Waals surface area contributed by atoms with Crippen molar-refractivity contribution in [1.82, 2.24) is 4.90 Å². The number of para-hydroxylation sites is 1. The molecule has 1 aliphatic rings. The van der Waals surface area contributed by atoms with Gasteiger partial charge in [0.2, 0.25) is 5.91 Å². The van der Waals surface area contributed by atoms with Gasteiger partial charge < -0.3 is 9.64 Å². The standard InChI is InChI=1S/C15H20BrNO2/c1-19-14-7-3-2-5-12(14)11-15(18)17-10-4-6-13(17)8-9-16/h2-3,5,7,13H,4,6,8-11H2,1H3. The lowest BCUT2D eigenvalue weighted by Gasteiger charge is -2.24. The van der Waals surface area contributed by atoms with Crippen LogP contribution in [0.25, 0.3) is 0 Å². The molecule has 0 spiro atoms. The average molecular weight is 326 g/mol. The predicted molar refractivity (Wildman–Crippen MR) is 79.8 cm³/mol. The van der Waals surface area contributed by atoms with Crippen molar-refractivity contribution in [2.24, 2.45) is 0 Å². The van der Waals surface area contributed by atoms with Gasteiger partial charge in [0, 0.05) is 23.5 Å². The number of carbonyl (C=O) groups is 1. The van der Waals surface area contributed by atoms with Crippen molar-refractivity contribution >= 4 is 21.8 Å². The summed E-state index contributed by atoms with van der Waals surface area (Å²) in [6.07, 6.45) is 3.72. The zero-order valence-electron chi connectivity index (χ0n) is 11.3. The number of ether oxygens (including phenoxy) is 1. The summed E-state index contributed by atoms with van der Waals surface area (Å²) in [5.74, 6) is 1.01. The molecule has 1 fully saturated rings. The Bertz CT molecular complexity index is 436. The lowest BCUT2D eigenvalue weighted by Crippen LogP contribution is -2.36. The number of carbonyl (C=O) groups excluding carboxylic acids is 1. The van der Waals surface area contributed by atoms with E-state index in [1.807, 2.05) is 29.2 Å². The van der Waals surface area contributed by atoms with Crippen molar-refractivity contribution in [3.05, 3.63) is 29.8 Å². The Labute approximate surface area is 123 Å². The first kappa shape index (κ1) is 14.4. The number of nitrogens with zero attached hydrogens (tertiary/aromatic N) is 1. The Kier molecular flexibility index (Phi) is 5.25. The second-order valence-electron chi connectivity index (χ2n) is 4.85. The van der Waals surface area contributed by atoms with E-state index in [9.17, 15) is 4.79 Å². The van der Waals surface area contributed by atoms with Crippen LogP contribution in [0.4, 0.5) is 0 Å². The third kappa shape index (κ3) is 3.50. The van der Waals surface area contributed by atoms with Crippen molar-refractivity contribution in [2.75, 3.05) is 19.0 Å². The quantitative estimate of drug-likeness (QED) is 0.779. The highest BCUT2D eigenvalue weighted by Crippen LogP contribution is 2.24. The molecule has 1 aromatic carbocycles. The molecule has 0 saturated carbocycles. The first-order valence-electron chi connectivity index (χ1n) is 6.73. The number of hydrogen-bond acceptors (Lipinski definition) is 2. The van der Waals surface area contributed by atoms with Crippen LogP contribution < -0.4 is 4.74 Å². The summed E-state index contributed by atoms with van der Waals surface area (Å²) >= 11 is 3.47. The molecule has 0 aromatic heterocycles. The maximum absolute atomic E-state index is 12.4. The molecule has 1 unspecified atom stereocenters. The molecule has 2 rings (SSSR count). The van der Waals surface area contributed by atoms with Crippen LogP contribution in [0.2, 0.25) is 0 Å². The van der Waals surface area contributed by atoms with Crippen molar-refractivity contribution in [3.8, 4) is 5.75 Å². The summed E-state index contributed by atoms with van der Waals surface area (Å²) in [5, 5.41) is 0.954. The van der Waals surface area contributed by atoms with Crippen molar-refractivity contribution in [2.45, 2.75) is 31.7 Å². The van der Waals surface area contributed by atoms with Crippen LogP contribution in [0, 0.1) is 0 Å². The molecule has 0 bridgehead atoms. The van der Waals surface area contributed by atoms with Gasteiger partial charge in [-0.15, -0.1) is 0 Å². The van der Waals surface area contributed by atoms with Gasteiger partial charge in [0.05, 0.1) is 13.5 Å². The lowest BCUT2D eigenvalue weighted by atomic mass is 10.1. The molecule has 1 saturated heterocycles. The highest BCUT2D eigenvalue weighted by Gasteiger charge is 2.28. The van der Waals surface area contributed by atoms with Gasteiger partial charge in [-0.3, -0.25) is 4.79 Å². The number of likely N-dealkylation sites (tertiary alicyclic amines) is 1. The molecule has 1 aromatic rings. The Morgan fingerprint density at radius 1 is 1.47 bits per heavy atom. The fraction of sp³-hybridized carbons (Fsp3) is 0.533. The van der Waals surface area contributed by atoms with Gasteiger partial charge in [-0.2, -0.15) is 0 Å². The van der Waals surface area contributed by atoms with Crippen LogP contribution in [0.1, 0.15) is 24.8 Å². The van der Waals surface area contributed by atoms with Crippen molar-refractivity contribution < 1.29 is 9.53 Å². The molecule has 19 heavy (non-hydrogen) atoms. The minimum absolute atomic E-state index is 0.216. The van der Waals surface area contributed by atoms with E-state index < -0.39 is 0 Å². The van der Waals surface area contributed by atoms with Gasteiger partial charge in [-0.05, 0) is 25.3 Å². The number of rotatable bonds is 5. The van der Waals surface area contributed by atoms with E-state index in [2.05, 4.69) is 15.9 Å². The molecule has 1 amide bonds. The van der Waals surface area contributed by atoms with E-state index in [1.54, 1.807) is 7.11 Å². The average Bonchev–Trinajstić information content (AvgIpc) is 2.88. The highest BCUT2D eigenvalue weighted by atomic mass is 79.9. The number of amides is 1. The van der Waals surface area contributed by atoms with Gasteiger partial charge >= 0.3 is 0 Å². The van der Waals surface area contributed by atoms with E-state index in [1.165, 1.54) is 0 Å². The number of benzene rings is 1. The smallest absolute Gasteiger partial charge is 0.227 e. The predicted octanol–water partition coefficient (Wildman–Crippen LogP) is 3.01. The first-order chi connectivity index (χ1) is 9.26. The highest BCUT2D eigenvalue weighted by molar-refractivity contribution is 9.09. The van der Waals surface area contributed by atoms with Crippen molar-refractivity contribution in [1.29, 1.82) is 0 Å². The van der Waals surface area contributed by atoms with E-state index in [0.29, 0.717) is 12.5 Å². The summed E-state index contributed by atoms with van der Waals surface area (Å²) in [6.45, 7) is 0.894. The van der Waals surface area contributed by atoms with E-state index in [0.717, 1.165) is 42.5 Å². The third-order valence-electron chi connectivity index (χ3n) is 3.67. The fourth-order valence-electron chi connectivity index (χ4n) is 2.70. The number of methoxy groups -OCH3 is 1. The second-order valence-corrected chi connectivity index (χ2v) is 5.64. The molecule has 0 aliphatic carbocycles.